The second kappa shape index (κ2) is 7.10. The fourth-order valence-electron chi connectivity index (χ4n) is 2.09. The summed E-state index contributed by atoms with van der Waals surface area (Å²) in [5, 5.41) is 0. The lowest BCUT2D eigenvalue weighted by molar-refractivity contribution is 0.0905. The van der Waals surface area contributed by atoms with Crippen molar-refractivity contribution in [2.75, 3.05) is 7.11 Å². The lowest BCUT2D eigenvalue weighted by Crippen LogP contribution is -2.14. The van der Waals surface area contributed by atoms with Crippen molar-refractivity contribution in [1.29, 1.82) is 0 Å². The zero-order chi connectivity index (χ0) is 12.7. The van der Waals surface area contributed by atoms with Crippen LogP contribution >= 0.6 is 0 Å². The zero-order valence-electron chi connectivity index (χ0n) is 11.0. The largest absolute Gasteiger partial charge is 0.497 e. The Labute approximate surface area is 104 Å². The number of hydrogen-bond acceptors (Lipinski definition) is 2. The minimum Gasteiger partial charge on any atom is -0.497 e. The Kier molecular flexibility index (Phi) is 5.75. The summed E-state index contributed by atoms with van der Waals surface area (Å²) in [5.41, 5.74) is 0.803. The van der Waals surface area contributed by atoms with Crippen LogP contribution in [0.1, 0.15) is 49.9 Å². The normalized spacial score (nSPS) is 10.6. The van der Waals surface area contributed by atoms with Gasteiger partial charge in [0.15, 0.2) is 5.78 Å². The van der Waals surface area contributed by atoms with Crippen LogP contribution in [0.25, 0.3) is 0 Å². The molecule has 0 saturated carbocycles. The zero-order valence-corrected chi connectivity index (χ0v) is 11.0. The van der Waals surface area contributed by atoms with Gasteiger partial charge in [0, 0.05) is 11.5 Å². The molecule has 2 nitrogen and oxygen atoms in total. The molecule has 0 unspecified atom stereocenters. The van der Waals surface area contributed by atoms with Gasteiger partial charge in [0.05, 0.1) is 7.11 Å². The van der Waals surface area contributed by atoms with Crippen LogP contribution in [0.15, 0.2) is 24.3 Å². The van der Waals surface area contributed by atoms with Gasteiger partial charge in [-0.05, 0) is 37.1 Å². The molecule has 1 rings (SSSR count). The van der Waals surface area contributed by atoms with Crippen LogP contribution in [-0.2, 0) is 0 Å². The van der Waals surface area contributed by atoms with Crippen LogP contribution in [0.4, 0.5) is 0 Å². The third kappa shape index (κ3) is 3.88. The third-order valence-corrected chi connectivity index (χ3v) is 3.02. The second-order valence-electron chi connectivity index (χ2n) is 4.37. The molecule has 0 aromatic heterocycles. The Bertz CT molecular complexity index is 334. The molecule has 0 atom stereocenters. The molecule has 0 aliphatic carbocycles. The highest BCUT2D eigenvalue weighted by Crippen LogP contribution is 2.21. The van der Waals surface area contributed by atoms with Crippen molar-refractivity contribution in [2.24, 2.45) is 5.92 Å². The number of carbonyl (C=O) groups excluding carboxylic acids is 1. The van der Waals surface area contributed by atoms with Crippen LogP contribution in [0.5, 0.6) is 5.75 Å². The van der Waals surface area contributed by atoms with E-state index < -0.39 is 0 Å². The highest BCUT2D eigenvalue weighted by atomic mass is 16.5. The first kappa shape index (κ1) is 13.8. The van der Waals surface area contributed by atoms with Gasteiger partial charge in [0.1, 0.15) is 5.75 Å². The Morgan fingerprint density at radius 1 is 1.12 bits per heavy atom. The molecule has 0 saturated heterocycles. The van der Waals surface area contributed by atoms with Crippen molar-refractivity contribution in [3.05, 3.63) is 29.8 Å². The third-order valence-electron chi connectivity index (χ3n) is 3.02. The maximum absolute atomic E-state index is 12.3. The van der Waals surface area contributed by atoms with Crippen LogP contribution in [0.2, 0.25) is 0 Å². The predicted octanol–water partition coefficient (Wildman–Crippen LogP) is 4.09. The fraction of sp³-hybridized carbons (Fsp3) is 0.533. The van der Waals surface area contributed by atoms with Crippen molar-refractivity contribution in [2.45, 2.75) is 39.5 Å². The average Bonchev–Trinajstić information content (AvgIpc) is 2.38. The van der Waals surface area contributed by atoms with E-state index in [-0.39, 0.29) is 11.7 Å². The van der Waals surface area contributed by atoms with E-state index in [1.54, 1.807) is 7.11 Å². The van der Waals surface area contributed by atoms with Gasteiger partial charge < -0.3 is 4.74 Å². The molecule has 0 heterocycles. The van der Waals surface area contributed by atoms with Gasteiger partial charge in [-0.1, -0.05) is 26.7 Å². The number of benzene rings is 1. The molecule has 17 heavy (non-hydrogen) atoms. The van der Waals surface area contributed by atoms with E-state index in [4.69, 9.17) is 4.74 Å². The van der Waals surface area contributed by atoms with E-state index in [1.165, 1.54) is 0 Å². The Morgan fingerprint density at radius 2 is 1.65 bits per heavy atom. The molecule has 1 aromatic carbocycles. The number of methoxy groups -OCH3 is 1. The number of carbonyl (C=O) groups is 1. The Morgan fingerprint density at radius 3 is 2.06 bits per heavy atom. The van der Waals surface area contributed by atoms with Gasteiger partial charge in [-0.3, -0.25) is 4.79 Å². The number of ketones is 1. The summed E-state index contributed by atoms with van der Waals surface area (Å²) in [5.74, 6) is 1.25. The summed E-state index contributed by atoms with van der Waals surface area (Å²) in [6, 6.07) is 7.42. The van der Waals surface area contributed by atoms with E-state index in [9.17, 15) is 4.79 Å². The number of Topliss-reactive ketones (excluding diaryl/α,β-unsaturated/α-hetero) is 1. The first-order chi connectivity index (χ1) is 8.22. The fourth-order valence-corrected chi connectivity index (χ4v) is 2.09. The smallest absolute Gasteiger partial charge is 0.165 e. The monoisotopic (exact) mass is 234 g/mol. The quantitative estimate of drug-likeness (QED) is 0.664. The van der Waals surface area contributed by atoms with Gasteiger partial charge in [-0.15, -0.1) is 0 Å². The van der Waals surface area contributed by atoms with Gasteiger partial charge in [0.25, 0.3) is 0 Å². The standard InChI is InChI=1S/C15H22O2/c1-4-6-12(7-5-2)15(16)13-8-10-14(17-3)11-9-13/h8-12H,4-7H2,1-3H3. The summed E-state index contributed by atoms with van der Waals surface area (Å²) in [7, 11) is 1.63. The van der Waals surface area contributed by atoms with Gasteiger partial charge in [-0.25, -0.2) is 0 Å². The molecule has 0 amide bonds. The average molecular weight is 234 g/mol. The Balaban J connectivity index is 2.77. The number of ether oxygens (including phenoxy) is 1. The molecule has 2 heteroatoms. The molecular weight excluding hydrogens is 212 g/mol. The molecule has 0 bridgehead atoms. The van der Waals surface area contributed by atoms with Crippen LogP contribution in [0.3, 0.4) is 0 Å². The number of hydrogen-bond donors (Lipinski definition) is 0. The van der Waals surface area contributed by atoms with E-state index >= 15 is 0 Å². The maximum atomic E-state index is 12.3. The minimum absolute atomic E-state index is 0.179. The first-order valence-electron chi connectivity index (χ1n) is 6.41. The van der Waals surface area contributed by atoms with E-state index in [1.807, 2.05) is 24.3 Å². The molecule has 0 N–H and O–H groups in total. The minimum atomic E-state index is 0.179. The molecule has 0 aliphatic rings. The summed E-state index contributed by atoms with van der Waals surface area (Å²) in [6.07, 6.45) is 4.09. The van der Waals surface area contributed by atoms with Gasteiger partial charge >= 0.3 is 0 Å². The van der Waals surface area contributed by atoms with E-state index in [2.05, 4.69) is 13.8 Å². The summed E-state index contributed by atoms with van der Waals surface area (Å²) in [6.45, 7) is 4.26. The summed E-state index contributed by atoms with van der Waals surface area (Å²) < 4.78 is 5.09. The van der Waals surface area contributed by atoms with Crippen molar-refractivity contribution in [3.8, 4) is 5.75 Å². The van der Waals surface area contributed by atoms with Gasteiger partial charge in [-0.2, -0.15) is 0 Å². The summed E-state index contributed by atoms with van der Waals surface area (Å²) in [4.78, 5) is 12.3. The molecule has 1 aromatic rings. The topological polar surface area (TPSA) is 26.3 Å². The lowest BCUT2D eigenvalue weighted by Gasteiger charge is -2.14. The van der Waals surface area contributed by atoms with Crippen molar-refractivity contribution in [1.82, 2.24) is 0 Å². The Hall–Kier alpha value is -1.31. The highest BCUT2D eigenvalue weighted by molar-refractivity contribution is 5.97. The molecule has 0 radical (unpaired) electrons. The van der Waals surface area contributed by atoms with E-state index in [0.717, 1.165) is 37.0 Å². The molecule has 0 spiro atoms. The van der Waals surface area contributed by atoms with Crippen LogP contribution in [-0.4, -0.2) is 12.9 Å². The summed E-state index contributed by atoms with van der Waals surface area (Å²) >= 11 is 0. The predicted molar refractivity (Wildman–Crippen MR) is 70.6 cm³/mol. The second-order valence-corrected chi connectivity index (χ2v) is 4.37. The lowest BCUT2D eigenvalue weighted by atomic mass is 9.90. The molecule has 0 fully saturated rings. The van der Waals surface area contributed by atoms with E-state index in [0.29, 0.717) is 0 Å². The highest BCUT2D eigenvalue weighted by Gasteiger charge is 2.18. The van der Waals surface area contributed by atoms with Crippen LogP contribution in [0, 0.1) is 5.92 Å². The molecule has 0 aliphatic heterocycles. The molecule has 94 valence electrons. The molecular formula is C15H22O2. The van der Waals surface area contributed by atoms with Crippen molar-refractivity contribution in [3.63, 3.8) is 0 Å². The first-order valence-corrected chi connectivity index (χ1v) is 6.41. The van der Waals surface area contributed by atoms with Crippen molar-refractivity contribution < 1.29 is 9.53 Å². The SMILES string of the molecule is CCCC(CCC)C(=O)c1ccc(OC)cc1. The number of rotatable bonds is 7. The van der Waals surface area contributed by atoms with Crippen molar-refractivity contribution >= 4 is 5.78 Å². The maximum Gasteiger partial charge on any atom is 0.165 e. The van der Waals surface area contributed by atoms with Gasteiger partial charge in [0.2, 0.25) is 0 Å². The van der Waals surface area contributed by atoms with Crippen LogP contribution < -0.4 is 4.74 Å².